The topological polar surface area (TPSA) is 75.3 Å². The fourth-order valence-electron chi connectivity index (χ4n) is 2.35. The van der Waals surface area contributed by atoms with Crippen LogP contribution in [0.5, 0.6) is 0 Å². The smallest absolute Gasteiger partial charge is 0.240 e. The fraction of sp³-hybridized carbons (Fsp3) is 0.278. The summed E-state index contributed by atoms with van der Waals surface area (Å²) < 4.78 is 40.4. The molecule has 134 valence electrons. The van der Waals surface area contributed by atoms with Crippen LogP contribution in [0.25, 0.3) is 0 Å². The number of sulfonamides is 1. The normalized spacial score (nSPS) is 11.3. The van der Waals surface area contributed by atoms with Gasteiger partial charge in [-0.05, 0) is 55.2 Å². The van der Waals surface area contributed by atoms with E-state index >= 15 is 0 Å². The summed E-state index contributed by atoms with van der Waals surface area (Å²) in [6.45, 7) is 1.66. The van der Waals surface area contributed by atoms with Crippen LogP contribution in [0.3, 0.4) is 0 Å². The van der Waals surface area contributed by atoms with Crippen molar-refractivity contribution in [3.8, 4) is 0 Å². The molecule has 0 saturated heterocycles. The van der Waals surface area contributed by atoms with E-state index in [2.05, 4.69) is 10.0 Å². The fourth-order valence-corrected chi connectivity index (χ4v) is 3.43. The highest BCUT2D eigenvalue weighted by Gasteiger charge is 2.13. The molecule has 2 N–H and O–H groups in total. The largest absolute Gasteiger partial charge is 0.326 e. The van der Waals surface area contributed by atoms with Gasteiger partial charge >= 0.3 is 0 Å². The number of amides is 1. The first kappa shape index (κ1) is 19.1. The molecule has 0 aliphatic rings. The van der Waals surface area contributed by atoms with Gasteiger partial charge in [0.2, 0.25) is 15.9 Å². The van der Waals surface area contributed by atoms with E-state index in [1.165, 1.54) is 37.3 Å². The number of benzene rings is 2. The van der Waals surface area contributed by atoms with Crippen LogP contribution in [-0.2, 0) is 21.2 Å². The van der Waals surface area contributed by atoms with E-state index in [1.807, 2.05) is 0 Å². The lowest BCUT2D eigenvalue weighted by Gasteiger charge is -2.08. The second-order valence-corrected chi connectivity index (χ2v) is 7.42. The van der Waals surface area contributed by atoms with Crippen molar-refractivity contribution < 1.29 is 17.6 Å². The third-order valence-electron chi connectivity index (χ3n) is 3.61. The molecule has 0 atom stereocenters. The summed E-state index contributed by atoms with van der Waals surface area (Å²) in [7, 11) is -3.60. The zero-order valence-electron chi connectivity index (χ0n) is 14.0. The quantitative estimate of drug-likeness (QED) is 0.707. The van der Waals surface area contributed by atoms with Crippen LogP contribution in [0.1, 0.15) is 25.3 Å². The van der Waals surface area contributed by atoms with Gasteiger partial charge in [-0.2, -0.15) is 0 Å². The van der Waals surface area contributed by atoms with E-state index in [4.69, 9.17) is 0 Å². The highest BCUT2D eigenvalue weighted by Crippen LogP contribution is 2.14. The molecule has 0 saturated carbocycles. The highest BCUT2D eigenvalue weighted by molar-refractivity contribution is 7.89. The van der Waals surface area contributed by atoms with Gasteiger partial charge in [0.25, 0.3) is 0 Å². The van der Waals surface area contributed by atoms with Crippen molar-refractivity contribution in [2.45, 2.75) is 31.1 Å². The number of aryl methyl sites for hydroxylation is 1. The van der Waals surface area contributed by atoms with Gasteiger partial charge < -0.3 is 5.32 Å². The summed E-state index contributed by atoms with van der Waals surface area (Å²) in [6.07, 6.45) is 1.86. The van der Waals surface area contributed by atoms with Crippen LogP contribution >= 0.6 is 0 Å². The molecule has 2 aromatic rings. The predicted molar refractivity (Wildman–Crippen MR) is 95.3 cm³/mol. The van der Waals surface area contributed by atoms with Gasteiger partial charge in [0.1, 0.15) is 5.82 Å². The third kappa shape index (κ3) is 5.95. The molecule has 7 heteroatoms. The number of carbonyl (C=O) groups excluding carboxylic acids is 1. The molecule has 0 aliphatic heterocycles. The lowest BCUT2D eigenvalue weighted by molar-refractivity contribution is -0.114. The Morgan fingerprint density at radius 3 is 2.36 bits per heavy atom. The molecule has 0 radical (unpaired) electrons. The number of carbonyl (C=O) groups is 1. The number of halogens is 1. The van der Waals surface area contributed by atoms with Crippen LogP contribution in [0.4, 0.5) is 10.1 Å². The Hall–Kier alpha value is -2.25. The second kappa shape index (κ2) is 8.73. The van der Waals surface area contributed by atoms with Crippen molar-refractivity contribution in [2.24, 2.45) is 0 Å². The Balaban J connectivity index is 1.81. The van der Waals surface area contributed by atoms with Crippen LogP contribution < -0.4 is 10.0 Å². The van der Waals surface area contributed by atoms with Crippen molar-refractivity contribution in [2.75, 3.05) is 11.9 Å². The Morgan fingerprint density at radius 1 is 1.04 bits per heavy atom. The number of anilines is 1. The lowest BCUT2D eigenvalue weighted by atomic mass is 10.1. The Bertz CT molecular complexity index is 820. The van der Waals surface area contributed by atoms with E-state index in [0.29, 0.717) is 30.5 Å². The molecule has 0 aromatic heterocycles. The lowest BCUT2D eigenvalue weighted by Crippen LogP contribution is -2.24. The minimum absolute atomic E-state index is 0.135. The van der Waals surface area contributed by atoms with Gasteiger partial charge in [-0.25, -0.2) is 17.5 Å². The van der Waals surface area contributed by atoms with Crippen LogP contribution in [0.15, 0.2) is 53.4 Å². The van der Waals surface area contributed by atoms with E-state index in [9.17, 15) is 17.6 Å². The average molecular weight is 364 g/mol. The molecule has 0 aliphatic carbocycles. The van der Waals surface area contributed by atoms with E-state index < -0.39 is 10.0 Å². The molecule has 5 nitrogen and oxygen atoms in total. The summed E-state index contributed by atoms with van der Waals surface area (Å²) in [5.74, 6) is -0.453. The molecule has 0 heterocycles. The van der Waals surface area contributed by atoms with Crippen molar-refractivity contribution in [1.82, 2.24) is 4.72 Å². The van der Waals surface area contributed by atoms with Crippen LogP contribution in [-0.4, -0.2) is 20.9 Å². The Labute approximate surface area is 147 Å². The molecular formula is C18H21FN2O3S. The van der Waals surface area contributed by atoms with E-state index in [1.54, 1.807) is 18.2 Å². The van der Waals surface area contributed by atoms with E-state index in [-0.39, 0.29) is 23.2 Å². The molecule has 0 fully saturated rings. The number of nitrogens with one attached hydrogen (secondary N) is 2. The zero-order valence-corrected chi connectivity index (χ0v) is 14.8. The standard InChI is InChI=1S/C18H21FN2O3S/c1-14(22)21-16-9-11-17(12-10-16)25(23,24)20-13-5-4-7-15-6-2-3-8-18(15)19/h2-3,6,8-12,20H,4-5,7,13H2,1H3,(H,21,22). The number of hydrogen-bond donors (Lipinski definition) is 2. The maximum atomic E-state index is 13.5. The first-order valence-electron chi connectivity index (χ1n) is 7.99. The first-order valence-corrected chi connectivity index (χ1v) is 9.47. The van der Waals surface area contributed by atoms with Gasteiger partial charge in [0.05, 0.1) is 4.90 Å². The molecule has 0 bridgehead atoms. The van der Waals surface area contributed by atoms with Crippen molar-refractivity contribution >= 4 is 21.6 Å². The molecule has 0 unspecified atom stereocenters. The van der Waals surface area contributed by atoms with Gasteiger partial charge in [-0.15, -0.1) is 0 Å². The summed E-state index contributed by atoms with van der Waals surface area (Å²) in [6, 6.07) is 12.5. The number of unbranched alkanes of at least 4 members (excludes halogenated alkanes) is 1. The van der Waals surface area contributed by atoms with Gasteiger partial charge in [-0.3, -0.25) is 4.79 Å². The van der Waals surface area contributed by atoms with Gasteiger partial charge in [0.15, 0.2) is 0 Å². The Morgan fingerprint density at radius 2 is 1.72 bits per heavy atom. The summed E-state index contributed by atoms with van der Waals surface area (Å²) in [4.78, 5) is 11.1. The van der Waals surface area contributed by atoms with E-state index in [0.717, 1.165) is 0 Å². The zero-order chi connectivity index (χ0) is 18.3. The molecule has 2 rings (SSSR count). The number of rotatable bonds is 8. The van der Waals surface area contributed by atoms with Crippen LogP contribution in [0.2, 0.25) is 0 Å². The minimum atomic E-state index is -3.60. The summed E-state index contributed by atoms with van der Waals surface area (Å²) in [5.41, 5.74) is 1.18. The maximum absolute atomic E-state index is 13.5. The second-order valence-electron chi connectivity index (χ2n) is 5.65. The van der Waals surface area contributed by atoms with Gasteiger partial charge in [-0.1, -0.05) is 18.2 Å². The summed E-state index contributed by atoms with van der Waals surface area (Å²) >= 11 is 0. The maximum Gasteiger partial charge on any atom is 0.240 e. The highest BCUT2D eigenvalue weighted by atomic mass is 32.2. The van der Waals surface area contributed by atoms with Crippen LogP contribution in [0, 0.1) is 5.82 Å². The molecule has 1 amide bonds. The van der Waals surface area contributed by atoms with Crippen molar-refractivity contribution in [1.29, 1.82) is 0 Å². The first-order chi connectivity index (χ1) is 11.9. The number of hydrogen-bond acceptors (Lipinski definition) is 3. The van der Waals surface area contributed by atoms with Crippen molar-refractivity contribution in [3.63, 3.8) is 0 Å². The van der Waals surface area contributed by atoms with Gasteiger partial charge in [0, 0.05) is 19.2 Å². The molecule has 25 heavy (non-hydrogen) atoms. The Kier molecular flexibility index (Phi) is 6.66. The SMILES string of the molecule is CC(=O)Nc1ccc(S(=O)(=O)NCCCCc2ccccc2F)cc1. The summed E-state index contributed by atoms with van der Waals surface area (Å²) in [5, 5.41) is 2.58. The molecule has 0 spiro atoms. The molecule has 2 aromatic carbocycles. The average Bonchev–Trinajstić information content (AvgIpc) is 2.56. The monoisotopic (exact) mass is 364 g/mol. The minimum Gasteiger partial charge on any atom is -0.326 e. The molecular weight excluding hydrogens is 343 g/mol. The van der Waals surface area contributed by atoms with Crippen molar-refractivity contribution in [3.05, 3.63) is 59.9 Å². The predicted octanol–water partition coefficient (Wildman–Crippen LogP) is 3.09. The third-order valence-corrected chi connectivity index (χ3v) is 5.08.